The second-order valence-electron chi connectivity index (χ2n) is 2.73. The van der Waals surface area contributed by atoms with Crippen LogP contribution in [0.4, 0.5) is 5.69 Å². The van der Waals surface area contributed by atoms with E-state index in [1.54, 1.807) is 0 Å². The maximum Gasteiger partial charge on any atom is 0.289 e. The Morgan fingerprint density at radius 2 is 2.07 bits per heavy atom. The Morgan fingerprint density at radius 3 is 2.47 bits per heavy atom. The van der Waals surface area contributed by atoms with Crippen LogP contribution in [0, 0.1) is 10.1 Å². The van der Waals surface area contributed by atoms with Crippen molar-refractivity contribution in [2.45, 2.75) is 4.90 Å². The number of sulfonamides is 1. The molecule has 0 fully saturated rings. The molecule has 0 aromatic heterocycles. The van der Waals surface area contributed by atoms with Gasteiger partial charge < -0.3 is 0 Å². The summed E-state index contributed by atoms with van der Waals surface area (Å²) in [6, 6.07) is 3.58. The van der Waals surface area contributed by atoms with Crippen LogP contribution in [0.1, 0.15) is 5.56 Å². The molecule has 1 rings (SSSR count). The van der Waals surface area contributed by atoms with Crippen LogP contribution in [-0.2, 0) is 10.0 Å². The third-order valence-electron chi connectivity index (χ3n) is 1.72. The molecule has 7 heteroatoms. The number of nitro groups is 1. The average molecular weight is 228 g/mol. The lowest BCUT2D eigenvalue weighted by molar-refractivity contribution is -0.387. The topological polar surface area (TPSA) is 103 Å². The molecular weight excluding hydrogens is 220 g/mol. The molecule has 0 atom stereocenters. The largest absolute Gasteiger partial charge is 0.289 e. The van der Waals surface area contributed by atoms with Gasteiger partial charge in [0.1, 0.15) is 0 Å². The zero-order valence-corrected chi connectivity index (χ0v) is 8.40. The Kier molecular flexibility index (Phi) is 2.87. The van der Waals surface area contributed by atoms with Crippen LogP contribution < -0.4 is 5.14 Å². The monoisotopic (exact) mass is 228 g/mol. The highest BCUT2D eigenvalue weighted by Gasteiger charge is 2.22. The van der Waals surface area contributed by atoms with Crippen molar-refractivity contribution in [1.29, 1.82) is 0 Å². The van der Waals surface area contributed by atoms with Gasteiger partial charge >= 0.3 is 0 Å². The SMILES string of the molecule is C=Cc1ccc(S(N)(=O)=O)c([N+](=O)[O-])c1. The van der Waals surface area contributed by atoms with Crippen molar-refractivity contribution >= 4 is 21.8 Å². The molecule has 0 heterocycles. The van der Waals surface area contributed by atoms with Crippen molar-refractivity contribution < 1.29 is 13.3 Å². The molecule has 0 saturated carbocycles. The molecule has 0 amide bonds. The molecule has 80 valence electrons. The van der Waals surface area contributed by atoms with Gasteiger partial charge in [0.25, 0.3) is 5.69 Å². The maximum atomic E-state index is 11.0. The fraction of sp³-hybridized carbons (Fsp3) is 0. The minimum absolute atomic E-state index is 0.453. The lowest BCUT2D eigenvalue weighted by Gasteiger charge is -2.01. The molecular formula is C8H8N2O4S. The van der Waals surface area contributed by atoms with E-state index in [2.05, 4.69) is 6.58 Å². The lowest BCUT2D eigenvalue weighted by Crippen LogP contribution is -2.14. The van der Waals surface area contributed by atoms with E-state index in [4.69, 9.17) is 5.14 Å². The molecule has 0 radical (unpaired) electrons. The van der Waals surface area contributed by atoms with Crippen LogP contribution in [0.2, 0.25) is 0 Å². The molecule has 0 bridgehead atoms. The third-order valence-corrected chi connectivity index (χ3v) is 2.68. The first-order valence-corrected chi connectivity index (χ1v) is 5.34. The Morgan fingerprint density at radius 1 is 1.47 bits per heavy atom. The summed E-state index contributed by atoms with van der Waals surface area (Å²) in [6.45, 7) is 3.42. The highest BCUT2D eigenvalue weighted by Crippen LogP contribution is 2.24. The van der Waals surface area contributed by atoms with Crippen molar-refractivity contribution in [2.24, 2.45) is 5.14 Å². The number of nitro benzene ring substituents is 1. The quantitative estimate of drug-likeness (QED) is 0.612. The van der Waals surface area contributed by atoms with Crippen molar-refractivity contribution in [1.82, 2.24) is 0 Å². The normalized spacial score (nSPS) is 11.0. The van der Waals surface area contributed by atoms with Gasteiger partial charge in [-0.2, -0.15) is 0 Å². The molecule has 1 aromatic carbocycles. The van der Waals surface area contributed by atoms with Gasteiger partial charge in [0.15, 0.2) is 4.90 Å². The first-order chi connectivity index (χ1) is 6.86. The maximum absolute atomic E-state index is 11.0. The first kappa shape index (κ1) is 11.3. The Balaban J connectivity index is 3.54. The van der Waals surface area contributed by atoms with Crippen LogP contribution in [0.25, 0.3) is 6.08 Å². The fourth-order valence-electron chi connectivity index (χ4n) is 1.04. The molecule has 0 aliphatic rings. The number of hydrogen-bond donors (Lipinski definition) is 1. The number of rotatable bonds is 3. The Labute approximate surface area is 86.2 Å². The Bertz CT molecular complexity index is 521. The number of benzene rings is 1. The summed E-state index contributed by atoms with van der Waals surface area (Å²) in [5, 5.41) is 15.4. The third kappa shape index (κ3) is 2.39. The summed E-state index contributed by atoms with van der Waals surface area (Å²) in [5.74, 6) is 0. The van der Waals surface area contributed by atoms with Crippen LogP contribution >= 0.6 is 0 Å². The number of nitrogens with zero attached hydrogens (tertiary/aromatic N) is 1. The molecule has 0 unspecified atom stereocenters. The van der Waals surface area contributed by atoms with Gasteiger partial charge in [-0.05, 0) is 11.6 Å². The summed E-state index contributed by atoms with van der Waals surface area (Å²) in [6.07, 6.45) is 1.37. The van der Waals surface area contributed by atoms with Gasteiger partial charge in [-0.1, -0.05) is 18.7 Å². The van der Waals surface area contributed by atoms with E-state index in [-0.39, 0.29) is 0 Å². The van der Waals surface area contributed by atoms with Gasteiger partial charge in [-0.15, -0.1) is 0 Å². The van der Waals surface area contributed by atoms with E-state index in [0.29, 0.717) is 5.56 Å². The molecule has 15 heavy (non-hydrogen) atoms. The van der Waals surface area contributed by atoms with Crippen molar-refractivity contribution in [3.05, 3.63) is 40.5 Å². The predicted octanol–water partition coefficient (Wildman–Crippen LogP) is 0.885. The highest BCUT2D eigenvalue weighted by atomic mass is 32.2. The second-order valence-corrected chi connectivity index (χ2v) is 4.26. The average Bonchev–Trinajstić information content (AvgIpc) is 2.15. The smallest absolute Gasteiger partial charge is 0.258 e. The van der Waals surface area contributed by atoms with Crippen molar-refractivity contribution in [2.75, 3.05) is 0 Å². The minimum atomic E-state index is -4.08. The summed E-state index contributed by atoms with van der Waals surface area (Å²) in [4.78, 5) is 9.29. The van der Waals surface area contributed by atoms with E-state index in [0.717, 1.165) is 12.1 Å². The van der Waals surface area contributed by atoms with Crippen LogP contribution in [0.3, 0.4) is 0 Å². The zero-order chi connectivity index (χ0) is 11.6. The molecule has 6 nitrogen and oxygen atoms in total. The van der Waals surface area contributed by atoms with Gasteiger partial charge in [-0.25, -0.2) is 13.6 Å². The number of nitrogens with two attached hydrogens (primary N) is 1. The van der Waals surface area contributed by atoms with E-state index in [9.17, 15) is 18.5 Å². The zero-order valence-electron chi connectivity index (χ0n) is 7.58. The first-order valence-electron chi connectivity index (χ1n) is 3.80. The standard InChI is InChI=1S/C8H8N2O4S/c1-2-6-3-4-8(15(9,13)14)7(5-6)10(11)12/h2-5H,1H2,(H2,9,13,14). The molecule has 2 N–H and O–H groups in total. The van der Waals surface area contributed by atoms with Crippen molar-refractivity contribution in [3.63, 3.8) is 0 Å². The Hall–Kier alpha value is -1.73. The molecule has 0 spiro atoms. The second kappa shape index (κ2) is 3.79. The van der Waals surface area contributed by atoms with E-state index in [1.165, 1.54) is 12.1 Å². The highest BCUT2D eigenvalue weighted by molar-refractivity contribution is 7.89. The van der Waals surface area contributed by atoms with Gasteiger partial charge in [0, 0.05) is 6.07 Å². The predicted molar refractivity (Wildman–Crippen MR) is 54.6 cm³/mol. The number of primary sulfonamides is 1. The van der Waals surface area contributed by atoms with E-state index < -0.39 is 25.5 Å². The van der Waals surface area contributed by atoms with Crippen LogP contribution in [0.5, 0.6) is 0 Å². The van der Waals surface area contributed by atoms with Gasteiger partial charge in [-0.3, -0.25) is 10.1 Å². The lowest BCUT2D eigenvalue weighted by atomic mass is 10.2. The summed E-state index contributed by atoms with van der Waals surface area (Å²) in [5.41, 5.74) is -0.0935. The summed E-state index contributed by atoms with van der Waals surface area (Å²) < 4.78 is 22.0. The molecule has 0 aliphatic heterocycles. The summed E-state index contributed by atoms with van der Waals surface area (Å²) >= 11 is 0. The summed E-state index contributed by atoms with van der Waals surface area (Å²) in [7, 11) is -4.08. The van der Waals surface area contributed by atoms with Crippen LogP contribution in [0.15, 0.2) is 29.7 Å². The van der Waals surface area contributed by atoms with E-state index in [1.807, 2.05) is 0 Å². The fourth-order valence-corrected chi connectivity index (χ4v) is 1.73. The van der Waals surface area contributed by atoms with Gasteiger partial charge in [0.2, 0.25) is 10.0 Å². The molecule has 0 saturated heterocycles. The van der Waals surface area contributed by atoms with Gasteiger partial charge in [0.05, 0.1) is 4.92 Å². The number of hydrogen-bond acceptors (Lipinski definition) is 4. The molecule has 0 aliphatic carbocycles. The molecule has 1 aromatic rings. The minimum Gasteiger partial charge on any atom is -0.258 e. The van der Waals surface area contributed by atoms with Crippen LogP contribution in [-0.4, -0.2) is 13.3 Å². The van der Waals surface area contributed by atoms with E-state index >= 15 is 0 Å². The van der Waals surface area contributed by atoms with Crippen molar-refractivity contribution in [3.8, 4) is 0 Å².